The molecule has 0 bridgehead atoms. The molecule has 0 saturated heterocycles. The minimum atomic E-state index is -0.557. The molecule has 18 heavy (non-hydrogen) atoms. The van der Waals surface area contributed by atoms with Crippen LogP contribution >= 0.6 is 0 Å². The predicted octanol–water partition coefficient (Wildman–Crippen LogP) is 3.04. The third-order valence-electron chi connectivity index (χ3n) is 2.33. The molecule has 1 aromatic heterocycles. The Labute approximate surface area is 105 Å². The molecular formula is C13H14N2O3. The fourth-order valence-electron chi connectivity index (χ4n) is 1.50. The molecule has 0 radical (unpaired) electrons. The van der Waals surface area contributed by atoms with Crippen molar-refractivity contribution in [2.75, 3.05) is 5.32 Å². The van der Waals surface area contributed by atoms with E-state index in [0.29, 0.717) is 17.5 Å². The van der Waals surface area contributed by atoms with Crippen molar-refractivity contribution in [2.24, 2.45) is 0 Å². The van der Waals surface area contributed by atoms with Gasteiger partial charge in [-0.3, -0.25) is 5.32 Å². The second kappa shape index (κ2) is 5.35. The Hall–Kier alpha value is -2.30. The summed E-state index contributed by atoms with van der Waals surface area (Å²) in [6, 6.07) is 9.46. The van der Waals surface area contributed by atoms with E-state index in [4.69, 9.17) is 9.15 Å². The molecule has 2 aromatic rings. The van der Waals surface area contributed by atoms with Crippen LogP contribution in [-0.4, -0.2) is 11.1 Å². The number of oxazole rings is 1. The van der Waals surface area contributed by atoms with Crippen molar-refractivity contribution in [3.63, 3.8) is 0 Å². The van der Waals surface area contributed by atoms with Gasteiger partial charge in [0.25, 0.3) is 0 Å². The van der Waals surface area contributed by atoms with Gasteiger partial charge in [-0.15, -0.1) is 0 Å². The van der Waals surface area contributed by atoms with E-state index < -0.39 is 6.09 Å². The first-order chi connectivity index (χ1) is 8.65. The maximum atomic E-state index is 11.5. The lowest BCUT2D eigenvalue weighted by atomic mass is 10.2. The van der Waals surface area contributed by atoms with Crippen molar-refractivity contribution >= 4 is 12.0 Å². The quantitative estimate of drug-likeness (QED) is 0.904. The largest absolute Gasteiger partial charge is 0.444 e. The van der Waals surface area contributed by atoms with Crippen molar-refractivity contribution in [2.45, 2.75) is 20.5 Å². The van der Waals surface area contributed by atoms with Crippen molar-refractivity contribution in [1.29, 1.82) is 0 Å². The van der Waals surface area contributed by atoms with Gasteiger partial charge in [-0.05, 0) is 12.5 Å². The van der Waals surface area contributed by atoms with Crippen molar-refractivity contribution in [3.05, 3.63) is 47.5 Å². The highest BCUT2D eigenvalue weighted by Crippen LogP contribution is 2.15. The maximum Gasteiger partial charge on any atom is 0.414 e. The first kappa shape index (κ1) is 12.2. The van der Waals surface area contributed by atoms with Crippen LogP contribution in [0.15, 0.2) is 34.7 Å². The molecule has 5 nitrogen and oxygen atoms in total. The zero-order valence-electron chi connectivity index (χ0n) is 10.3. The zero-order valence-corrected chi connectivity index (χ0v) is 10.3. The van der Waals surface area contributed by atoms with Gasteiger partial charge in [-0.25, -0.2) is 9.78 Å². The number of nitrogens with one attached hydrogen (secondary N) is 1. The molecule has 94 valence electrons. The Kier molecular flexibility index (Phi) is 3.62. The molecule has 0 fully saturated rings. The van der Waals surface area contributed by atoms with Crippen LogP contribution in [0.5, 0.6) is 0 Å². The highest BCUT2D eigenvalue weighted by atomic mass is 16.6. The Morgan fingerprint density at radius 3 is 2.67 bits per heavy atom. The molecule has 0 unspecified atom stereocenters. The van der Waals surface area contributed by atoms with E-state index in [2.05, 4.69) is 10.3 Å². The lowest BCUT2D eigenvalue weighted by molar-refractivity contribution is 0.154. The highest BCUT2D eigenvalue weighted by Gasteiger charge is 2.11. The van der Waals surface area contributed by atoms with Gasteiger partial charge < -0.3 is 9.15 Å². The third-order valence-corrected chi connectivity index (χ3v) is 2.33. The molecule has 0 spiro atoms. The topological polar surface area (TPSA) is 64.4 Å². The minimum Gasteiger partial charge on any atom is -0.444 e. The number of amides is 1. The molecule has 2 rings (SSSR count). The van der Waals surface area contributed by atoms with Gasteiger partial charge in [0, 0.05) is 6.92 Å². The van der Waals surface area contributed by atoms with Crippen LogP contribution in [0.2, 0.25) is 0 Å². The van der Waals surface area contributed by atoms with Crippen LogP contribution in [0.3, 0.4) is 0 Å². The SMILES string of the molecule is Cc1nc(C)c(NC(=O)OCc2ccccc2)o1. The number of benzene rings is 1. The summed E-state index contributed by atoms with van der Waals surface area (Å²) in [6.07, 6.45) is -0.557. The summed E-state index contributed by atoms with van der Waals surface area (Å²) in [5.41, 5.74) is 1.56. The average Bonchev–Trinajstić information content (AvgIpc) is 2.67. The summed E-state index contributed by atoms with van der Waals surface area (Å²) in [5.74, 6) is 0.830. The standard InChI is InChI=1S/C13H14N2O3/c1-9-12(18-10(2)14-9)15-13(16)17-8-11-6-4-3-5-7-11/h3-7H,8H2,1-2H3,(H,15,16). The molecule has 0 atom stereocenters. The van der Waals surface area contributed by atoms with Crippen molar-refractivity contribution in [1.82, 2.24) is 4.98 Å². The van der Waals surface area contributed by atoms with Crippen molar-refractivity contribution in [3.8, 4) is 0 Å². The van der Waals surface area contributed by atoms with Crippen molar-refractivity contribution < 1.29 is 13.9 Å². The number of aryl methyl sites for hydroxylation is 2. The number of nitrogens with zero attached hydrogens (tertiary/aromatic N) is 1. The number of carbonyl (C=O) groups is 1. The van der Waals surface area contributed by atoms with E-state index >= 15 is 0 Å². The number of ether oxygens (including phenoxy) is 1. The minimum absolute atomic E-state index is 0.221. The number of anilines is 1. The van der Waals surface area contributed by atoms with Crippen LogP contribution in [0.4, 0.5) is 10.7 Å². The van der Waals surface area contributed by atoms with E-state index in [1.165, 1.54) is 0 Å². The fraction of sp³-hybridized carbons (Fsp3) is 0.231. The molecule has 1 amide bonds. The molecule has 0 aliphatic heterocycles. The first-order valence-corrected chi connectivity index (χ1v) is 5.57. The molecule has 0 aliphatic carbocycles. The van der Waals surface area contributed by atoms with Crippen LogP contribution in [0, 0.1) is 13.8 Å². The lowest BCUT2D eigenvalue weighted by Crippen LogP contribution is -2.13. The van der Waals surface area contributed by atoms with E-state index in [1.807, 2.05) is 30.3 Å². The first-order valence-electron chi connectivity index (χ1n) is 5.57. The van der Waals surface area contributed by atoms with Gasteiger partial charge in [0.2, 0.25) is 5.88 Å². The molecule has 0 aliphatic rings. The average molecular weight is 246 g/mol. The number of rotatable bonds is 3. The zero-order chi connectivity index (χ0) is 13.0. The third kappa shape index (κ3) is 3.10. The second-order valence-corrected chi connectivity index (χ2v) is 3.83. The maximum absolute atomic E-state index is 11.5. The van der Waals surface area contributed by atoms with E-state index in [-0.39, 0.29) is 6.61 Å². The Bertz CT molecular complexity index is 534. The molecular weight excluding hydrogens is 232 g/mol. The van der Waals surface area contributed by atoms with E-state index in [0.717, 1.165) is 5.56 Å². The Morgan fingerprint density at radius 2 is 2.06 bits per heavy atom. The molecule has 0 saturated carbocycles. The number of hydrogen-bond acceptors (Lipinski definition) is 4. The molecule has 1 aromatic carbocycles. The van der Waals surface area contributed by atoms with Crippen LogP contribution < -0.4 is 5.32 Å². The van der Waals surface area contributed by atoms with Gasteiger partial charge in [0.05, 0.1) is 0 Å². The van der Waals surface area contributed by atoms with Gasteiger partial charge in [0.1, 0.15) is 12.3 Å². The predicted molar refractivity (Wildman–Crippen MR) is 66.2 cm³/mol. The molecule has 1 heterocycles. The van der Waals surface area contributed by atoms with Gasteiger partial charge in [-0.2, -0.15) is 0 Å². The monoisotopic (exact) mass is 246 g/mol. The molecule has 1 N–H and O–H groups in total. The normalized spacial score (nSPS) is 10.1. The van der Waals surface area contributed by atoms with Gasteiger partial charge in [0.15, 0.2) is 5.89 Å². The lowest BCUT2D eigenvalue weighted by Gasteiger charge is -2.05. The van der Waals surface area contributed by atoms with Crippen LogP contribution in [0.1, 0.15) is 17.1 Å². The summed E-state index contributed by atoms with van der Waals surface area (Å²) in [6.45, 7) is 3.69. The summed E-state index contributed by atoms with van der Waals surface area (Å²) in [5, 5.41) is 2.51. The highest BCUT2D eigenvalue weighted by molar-refractivity contribution is 5.83. The summed E-state index contributed by atoms with van der Waals surface area (Å²) < 4.78 is 10.3. The summed E-state index contributed by atoms with van der Waals surface area (Å²) in [7, 11) is 0. The Morgan fingerprint density at radius 1 is 1.33 bits per heavy atom. The van der Waals surface area contributed by atoms with E-state index in [9.17, 15) is 4.79 Å². The number of carbonyl (C=O) groups excluding carboxylic acids is 1. The molecule has 5 heteroatoms. The smallest absolute Gasteiger partial charge is 0.414 e. The second-order valence-electron chi connectivity index (χ2n) is 3.83. The van der Waals surface area contributed by atoms with E-state index in [1.54, 1.807) is 13.8 Å². The van der Waals surface area contributed by atoms with Crippen LogP contribution in [-0.2, 0) is 11.3 Å². The Balaban J connectivity index is 1.88. The summed E-state index contributed by atoms with van der Waals surface area (Å²) in [4.78, 5) is 15.6. The number of aromatic nitrogens is 1. The van der Waals surface area contributed by atoms with Crippen LogP contribution in [0.25, 0.3) is 0 Å². The summed E-state index contributed by atoms with van der Waals surface area (Å²) >= 11 is 0. The fourth-order valence-corrected chi connectivity index (χ4v) is 1.50. The number of hydrogen-bond donors (Lipinski definition) is 1. The van der Waals surface area contributed by atoms with Gasteiger partial charge in [-0.1, -0.05) is 30.3 Å². The van der Waals surface area contributed by atoms with Gasteiger partial charge >= 0.3 is 6.09 Å².